The van der Waals surface area contributed by atoms with Crippen molar-refractivity contribution in [2.45, 2.75) is 51.1 Å². The van der Waals surface area contributed by atoms with Gasteiger partial charge in [-0.2, -0.15) is 0 Å². The van der Waals surface area contributed by atoms with Crippen molar-refractivity contribution in [1.29, 1.82) is 0 Å². The molecule has 1 heterocycles. The van der Waals surface area contributed by atoms with Gasteiger partial charge in [0.1, 0.15) is 5.75 Å². The molecule has 0 aromatic heterocycles. The Morgan fingerprint density at radius 2 is 1.79 bits per heavy atom. The van der Waals surface area contributed by atoms with Crippen LogP contribution in [0.2, 0.25) is 0 Å². The Labute approximate surface area is 143 Å². The van der Waals surface area contributed by atoms with Crippen LogP contribution in [0, 0.1) is 6.92 Å². The molecule has 1 atom stereocenters. The van der Waals surface area contributed by atoms with Crippen LogP contribution in [0.4, 0.5) is 0 Å². The maximum absolute atomic E-state index is 12.8. The number of ether oxygens (including phenoxy) is 1. The largest absolute Gasteiger partial charge is 0.484 e. The molecule has 1 aliphatic carbocycles. The minimum absolute atomic E-state index is 0.0316. The van der Waals surface area contributed by atoms with E-state index in [4.69, 9.17) is 4.74 Å². The highest BCUT2D eigenvalue weighted by Gasteiger charge is 2.39. The van der Waals surface area contributed by atoms with Crippen LogP contribution in [0.1, 0.15) is 37.7 Å². The van der Waals surface area contributed by atoms with Gasteiger partial charge < -0.3 is 9.64 Å². The van der Waals surface area contributed by atoms with Gasteiger partial charge in [-0.3, -0.25) is 4.79 Å². The van der Waals surface area contributed by atoms with Gasteiger partial charge in [-0.1, -0.05) is 30.5 Å². The van der Waals surface area contributed by atoms with Gasteiger partial charge in [0.2, 0.25) is 0 Å². The first-order chi connectivity index (χ1) is 11.4. The van der Waals surface area contributed by atoms with Crippen LogP contribution in [0.3, 0.4) is 0 Å². The summed E-state index contributed by atoms with van der Waals surface area (Å²) >= 11 is 0. The van der Waals surface area contributed by atoms with Crippen molar-refractivity contribution >= 4 is 15.7 Å². The minimum atomic E-state index is -3.01. The first-order valence-electron chi connectivity index (χ1n) is 8.66. The number of aryl methyl sites for hydroxylation is 1. The SMILES string of the molecule is Cc1ccc(OCC(=O)N(C2CCCC2)C2CCS(=O)(=O)C2)cc1. The van der Waals surface area contributed by atoms with Gasteiger partial charge in [0.25, 0.3) is 5.91 Å². The third-order valence-electron chi connectivity index (χ3n) is 4.99. The van der Waals surface area contributed by atoms with Crippen LogP contribution in [-0.2, 0) is 14.6 Å². The number of sulfone groups is 1. The molecule has 0 radical (unpaired) electrons. The molecule has 1 aromatic carbocycles. The Kier molecular flexibility index (Phi) is 5.13. The molecule has 1 aliphatic heterocycles. The highest BCUT2D eigenvalue weighted by atomic mass is 32.2. The number of carbonyl (C=O) groups is 1. The fourth-order valence-electron chi connectivity index (χ4n) is 3.74. The number of benzene rings is 1. The molecule has 132 valence electrons. The van der Waals surface area contributed by atoms with E-state index >= 15 is 0 Å². The molecule has 1 unspecified atom stereocenters. The molecule has 3 rings (SSSR count). The van der Waals surface area contributed by atoms with Crippen LogP contribution in [0.25, 0.3) is 0 Å². The summed E-state index contributed by atoms with van der Waals surface area (Å²) in [5, 5.41) is 0. The second-order valence-electron chi connectivity index (χ2n) is 6.90. The summed E-state index contributed by atoms with van der Waals surface area (Å²) in [5.41, 5.74) is 1.14. The Balaban J connectivity index is 1.67. The van der Waals surface area contributed by atoms with E-state index in [1.807, 2.05) is 36.1 Å². The first kappa shape index (κ1) is 17.3. The van der Waals surface area contributed by atoms with Crippen molar-refractivity contribution in [2.75, 3.05) is 18.1 Å². The van der Waals surface area contributed by atoms with E-state index in [0.717, 1.165) is 31.2 Å². The Morgan fingerprint density at radius 3 is 2.38 bits per heavy atom. The lowest BCUT2D eigenvalue weighted by Gasteiger charge is -2.34. The summed E-state index contributed by atoms with van der Waals surface area (Å²) in [6.07, 6.45) is 4.69. The smallest absolute Gasteiger partial charge is 0.261 e. The van der Waals surface area contributed by atoms with Gasteiger partial charge in [0.05, 0.1) is 11.5 Å². The molecule has 2 aliphatic rings. The fourth-order valence-corrected chi connectivity index (χ4v) is 5.45. The molecule has 1 saturated carbocycles. The van der Waals surface area contributed by atoms with Crippen molar-refractivity contribution in [2.24, 2.45) is 0 Å². The quantitative estimate of drug-likeness (QED) is 0.817. The molecule has 0 spiro atoms. The molecule has 1 aromatic rings. The van der Waals surface area contributed by atoms with Gasteiger partial charge in [-0.15, -0.1) is 0 Å². The molecule has 1 amide bonds. The second-order valence-corrected chi connectivity index (χ2v) is 9.13. The molecule has 5 nitrogen and oxygen atoms in total. The number of amides is 1. The van der Waals surface area contributed by atoms with E-state index in [1.165, 1.54) is 0 Å². The summed E-state index contributed by atoms with van der Waals surface area (Å²) in [4.78, 5) is 14.6. The highest BCUT2D eigenvalue weighted by Crippen LogP contribution is 2.29. The van der Waals surface area contributed by atoms with Crippen molar-refractivity contribution in [3.63, 3.8) is 0 Å². The number of hydrogen-bond donors (Lipinski definition) is 0. The topological polar surface area (TPSA) is 63.7 Å². The summed E-state index contributed by atoms with van der Waals surface area (Å²) < 4.78 is 29.3. The number of carbonyl (C=O) groups excluding carboxylic acids is 1. The maximum atomic E-state index is 12.8. The van der Waals surface area contributed by atoms with E-state index in [1.54, 1.807) is 0 Å². The third-order valence-corrected chi connectivity index (χ3v) is 6.74. The lowest BCUT2D eigenvalue weighted by Crippen LogP contribution is -2.48. The normalized spacial score (nSPS) is 23.3. The summed E-state index contributed by atoms with van der Waals surface area (Å²) in [5.74, 6) is 0.858. The molecular formula is C18H25NO4S. The van der Waals surface area contributed by atoms with Gasteiger partial charge in [0.15, 0.2) is 16.4 Å². The van der Waals surface area contributed by atoms with Crippen LogP contribution in [0.15, 0.2) is 24.3 Å². The Morgan fingerprint density at radius 1 is 1.12 bits per heavy atom. The van der Waals surface area contributed by atoms with E-state index in [0.29, 0.717) is 12.2 Å². The van der Waals surface area contributed by atoms with E-state index in [-0.39, 0.29) is 36.1 Å². The van der Waals surface area contributed by atoms with E-state index < -0.39 is 9.84 Å². The molecule has 0 bridgehead atoms. The molecular weight excluding hydrogens is 326 g/mol. The van der Waals surface area contributed by atoms with E-state index in [2.05, 4.69) is 0 Å². The molecule has 1 saturated heterocycles. The average molecular weight is 351 g/mol. The van der Waals surface area contributed by atoms with Crippen molar-refractivity contribution in [1.82, 2.24) is 4.90 Å². The maximum Gasteiger partial charge on any atom is 0.261 e. The van der Waals surface area contributed by atoms with Gasteiger partial charge in [-0.05, 0) is 38.3 Å². The Hall–Kier alpha value is -1.56. The summed E-state index contributed by atoms with van der Waals surface area (Å²) in [7, 11) is -3.01. The average Bonchev–Trinajstić information content (AvgIpc) is 3.17. The molecule has 2 fully saturated rings. The summed E-state index contributed by atoms with van der Waals surface area (Å²) in [6.45, 7) is 1.97. The van der Waals surface area contributed by atoms with Crippen molar-refractivity contribution in [3.8, 4) is 5.75 Å². The Bertz CT molecular complexity index is 677. The second kappa shape index (κ2) is 7.13. The molecule has 0 N–H and O–H groups in total. The highest BCUT2D eigenvalue weighted by molar-refractivity contribution is 7.91. The molecule has 6 heteroatoms. The van der Waals surface area contributed by atoms with Crippen molar-refractivity contribution in [3.05, 3.63) is 29.8 Å². The van der Waals surface area contributed by atoms with Crippen LogP contribution < -0.4 is 4.74 Å². The summed E-state index contributed by atoms with van der Waals surface area (Å²) in [6, 6.07) is 7.56. The predicted octanol–water partition coefficient (Wildman–Crippen LogP) is 2.33. The number of rotatable bonds is 5. The standard InChI is InChI=1S/C18H25NO4S/c1-14-6-8-17(9-7-14)23-12-18(20)19(15-4-2-3-5-15)16-10-11-24(21,22)13-16/h6-9,15-16H,2-5,10-13H2,1H3. The van der Waals surface area contributed by atoms with Crippen LogP contribution >= 0.6 is 0 Å². The first-order valence-corrected chi connectivity index (χ1v) is 10.5. The van der Waals surface area contributed by atoms with Gasteiger partial charge in [0, 0.05) is 12.1 Å². The predicted molar refractivity (Wildman–Crippen MR) is 92.8 cm³/mol. The monoisotopic (exact) mass is 351 g/mol. The molecule has 24 heavy (non-hydrogen) atoms. The third kappa shape index (κ3) is 4.09. The van der Waals surface area contributed by atoms with Crippen molar-refractivity contribution < 1.29 is 17.9 Å². The lowest BCUT2D eigenvalue weighted by molar-refractivity contribution is -0.137. The number of hydrogen-bond acceptors (Lipinski definition) is 4. The van der Waals surface area contributed by atoms with E-state index in [9.17, 15) is 13.2 Å². The number of nitrogens with zero attached hydrogens (tertiary/aromatic N) is 1. The minimum Gasteiger partial charge on any atom is -0.484 e. The lowest BCUT2D eigenvalue weighted by atomic mass is 10.1. The van der Waals surface area contributed by atoms with Gasteiger partial charge in [-0.25, -0.2) is 8.42 Å². The van der Waals surface area contributed by atoms with Crippen LogP contribution in [0.5, 0.6) is 5.75 Å². The fraction of sp³-hybridized carbons (Fsp3) is 0.611. The zero-order chi connectivity index (χ0) is 17.2. The zero-order valence-electron chi connectivity index (χ0n) is 14.1. The van der Waals surface area contributed by atoms with Crippen LogP contribution in [-0.4, -0.2) is 49.4 Å². The van der Waals surface area contributed by atoms with Gasteiger partial charge >= 0.3 is 0 Å². The zero-order valence-corrected chi connectivity index (χ0v) is 14.9.